The van der Waals surface area contributed by atoms with Crippen LogP contribution in [0.25, 0.3) is 11.0 Å². The predicted octanol–water partition coefficient (Wildman–Crippen LogP) is 4.88. The third-order valence-electron chi connectivity index (χ3n) is 6.33. The fraction of sp³-hybridized carbons (Fsp3) is 0.286. The number of methoxy groups -OCH3 is 1. The molecule has 4 aromatic rings. The van der Waals surface area contributed by atoms with Gasteiger partial charge in [-0.05, 0) is 38.1 Å². The first-order valence-electron chi connectivity index (χ1n) is 11.7. The van der Waals surface area contributed by atoms with Crippen LogP contribution in [0.4, 0.5) is 0 Å². The number of aryl methyl sites for hydroxylation is 1. The highest BCUT2D eigenvalue weighted by molar-refractivity contribution is 6.01. The van der Waals surface area contributed by atoms with Gasteiger partial charge in [0.2, 0.25) is 11.5 Å². The van der Waals surface area contributed by atoms with E-state index >= 15 is 0 Å². The zero-order chi connectivity index (χ0) is 25.2. The molecule has 1 aliphatic heterocycles. The third-order valence-corrected chi connectivity index (χ3v) is 6.33. The molecule has 0 amide bonds. The lowest BCUT2D eigenvalue weighted by atomic mass is 10.1. The minimum Gasteiger partial charge on any atom is -0.486 e. The van der Waals surface area contributed by atoms with Crippen molar-refractivity contribution in [1.29, 1.82) is 0 Å². The van der Waals surface area contributed by atoms with Crippen LogP contribution in [0.5, 0.6) is 11.5 Å². The summed E-state index contributed by atoms with van der Waals surface area (Å²) in [6.07, 6.45) is -0.197. The number of benzene rings is 2. The number of carbonyl (C=O) groups is 2. The van der Waals surface area contributed by atoms with E-state index in [2.05, 4.69) is 0 Å². The first-order chi connectivity index (χ1) is 17.5. The monoisotopic (exact) mass is 489 g/mol. The highest BCUT2D eigenvalue weighted by atomic mass is 16.6. The topological polar surface area (TPSA) is 89.1 Å². The zero-order valence-electron chi connectivity index (χ0n) is 20.4. The van der Waals surface area contributed by atoms with Crippen LogP contribution in [0.3, 0.4) is 0 Å². The Kier molecular flexibility index (Phi) is 6.52. The number of esters is 1. The number of para-hydroxylation sites is 3. The van der Waals surface area contributed by atoms with Crippen molar-refractivity contribution in [2.45, 2.75) is 33.1 Å². The lowest BCUT2D eigenvalue weighted by Crippen LogP contribution is -2.33. The molecule has 0 unspecified atom stereocenters. The zero-order valence-corrected chi connectivity index (χ0v) is 20.4. The fourth-order valence-electron chi connectivity index (χ4n) is 4.55. The van der Waals surface area contributed by atoms with E-state index in [0.29, 0.717) is 35.6 Å². The van der Waals surface area contributed by atoms with Gasteiger partial charge in [-0.25, -0.2) is 4.79 Å². The molecule has 0 bridgehead atoms. The van der Waals surface area contributed by atoms with Crippen molar-refractivity contribution >= 4 is 22.7 Å². The van der Waals surface area contributed by atoms with E-state index in [0.717, 1.165) is 22.5 Å². The summed E-state index contributed by atoms with van der Waals surface area (Å²) in [6, 6.07) is 16.7. The molecular weight excluding hydrogens is 462 g/mol. The van der Waals surface area contributed by atoms with E-state index in [9.17, 15) is 9.59 Å². The SMILES string of the molecule is COCc1c(C(=O)OCC(=O)c2cc(C)n(C[C@H]3COc4ccccc4O3)c2C)oc2ccccc12. The number of fused-ring (bicyclic) bond motifs is 2. The van der Waals surface area contributed by atoms with Crippen molar-refractivity contribution in [1.82, 2.24) is 4.57 Å². The Morgan fingerprint density at radius 2 is 1.81 bits per heavy atom. The van der Waals surface area contributed by atoms with Gasteiger partial charge in [0, 0.05) is 35.0 Å². The van der Waals surface area contributed by atoms with Crippen molar-refractivity contribution < 1.29 is 33.0 Å². The molecule has 1 aliphatic rings. The summed E-state index contributed by atoms with van der Waals surface area (Å²) in [7, 11) is 1.54. The maximum absolute atomic E-state index is 13.0. The third kappa shape index (κ3) is 4.47. The molecule has 36 heavy (non-hydrogen) atoms. The quantitative estimate of drug-likeness (QED) is 0.257. The number of ether oxygens (including phenoxy) is 4. The van der Waals surface area contributed by atoms with Gasteiger partial charge in [-0.3, -0.25) is 4.79 Å². The maximum atomic E-state index is 13.0. The molecule has 1 atom stereocenters. The van der Waals surface area contributed by atoms with E-state index in [1.807, 2.05) is 60.9 Å². The summed E-state index contributed by atoms with van der Waals surface area (Å²) < 4.78 is 30.2. The standard InChI is InChI=1S/C28H27NO7/c1-17-12-21(18(2)29(17)13-19-14-33-25-10-6-7-11-26(25)35-19)23(30)16-34-28(31)27-22(15-32-3)20-8-4-5-9-24(20)36-27/h4-12,19H,13-16H2,1-3H3/t19-/m0/s1. The molecule has 0 saturated heterocycles. The number of Topliss-reactive ketones (excluding diaryl/α,β-unsaturated/α-hetero) is 1. The summed E-state index contributed by atoms with van der Waals surface area (Å²) in [6.45, 7) is 4.53. The Morgan fingerprint density at radius 3 is 2.61 bits per heavy atom. The molecule has 2 aromatic heterocycles. The molecule has 3 heterocycles. The predicted molar refractivity (Wildman–Crippen MR) is 132 cm³/mol. The molecule has 8 nitrogen and oxygen atoms in total. The second-order valence-electron chi connectivity index (χ2n) is 8.73. The molecule has 0 spiro atoms. The average molecular weight is 490 g/mol. The molecule has 0 fully saturated rings. The summed E-state index contributed by atoms with van der Waals surface area (Å²) in [4.78, 5) is 25.8. The van der Waals surface area contributed by atoms with Gasteiger partial charge in [0.15, 0.2) is 24.2 Å². The number of hydrogen-bond acceptors (Lipinski definition) is 7. The molecule has 8 heteroatoms. The Hall–Kier alpha value is -4.04. The number of ketones is 1. The first-order valence-corrected chi connectivity index (χ1v) is 11.7. The van der Waals surface area contributed by atoms with Crippen LogP contribution in [-0.2, 0) is 22.6 Å². The van der Waals surface area contributed by atoms with E-state index < -0.39 is 12.6 Å². The highest BCUT2D eigenvalue weighted by Gasteiger charge is 2.26. The first kappa shape index (κ1) is 23.7. The Labute approximate surface area is 208 Å². The van der Waals surface area contributed by atoms with Crippen molar-refractivity contribution in [2.24, 2.45) is 0 Å². The number of nitrogens with zero attached hydrogens (tertiary/aromatic N) is 1. The smallest absolute Gasteiger partial charge is 0.375 e. The van der Waals surface area contributed by atoms with Gasteiger partial charge in [-0.2, -0.15) is 0 Å². The van der Waals surface area contributed by atoms with Gasteiger partial charge in [0.05, 0.1) is 13.2 Å². The maximum Gasteiger partial charge on any atom is 0.375 e. The van der Waals surface area contributed by atoms with E-state index in [4.69, 9.17) is 23.4 Å². The van der Waals surface area contributed by atoms with Crippen LogP contribution >= 0.6 is 0 Å². The second kappa shape index (κ2) is 9.91. The largest absolute Gasteiger partial charge is 0.486 e. The molecule has 5 rings (SSSR count). The van der Waals surface area contributed by atoms with Crippen molar-refractivity contribution in [3.05, 3.63) is 82.9 Å². The van der Waals surface area contributed by atoms with Gasteiger partial charge in [-0.15, -0.1) is 0 Å². The fourth-order valence-corrected chi connectivity index (χ4v) is 4.55. The summed E-state index contributed by atoms with van der Waals surface area (Å²) in [5.41, 5.74) is 3.34. The molecule has 2 aromatic carbocycles. The lowest BCUT2D eigenvalue weighted by Gasteiger charge is -2.27. The number of rotatable bonds is 8. The van der Waals surface area contributed by atoms with Crippen LogP contribution in [0.15, 0.2) is 59.0 Å². The van der Waals surface area contributed by atoms with Crippen LogP contribution in [0.2, 0.25) is 0 Å². The number of furan rings is 1. The minimum absolute atomic E-state index is 0.0473. The van der Waals surface area contributed by atoms with E-state index in [1.165, 1.54) is 0 Å². The Morgan fingerprint density at radius 1 is 1.06 bits per heavy atom. The Bertz CT molecular complexity index is 1430. The van der Waals surface area contributed by atoms with Crippen LogP contribution in [0, 0.1) is 13.8 Å². The molecule has 186 valence electrons. The van der Waals surface area contributed by atoms with Gasteiger partial charge < -0.3 is 27.9 Å². The normalized spacial score (nSPS) is 14.7. The molecule has 0 radical (unpaired) electrons. The van der Waals surface area contributed by atoms with Crippen molar-refractivity contribution in [3.63, 3.8) is 0 Å². The van der Waals surface area contributed by atoms with E-state index in [-0.39, 0.29) is 24.3 Å². The minimum atomic E-state index is -0.702. The van der Waals surface area contributed by atoms with Gasteiger partial charge >= 0.3 is 5.97 Å². The average Bonchev–Trinajstić information content (AvgIpc) is 3.40. The summed E-state index contributed by atoms with van der Waals surface area (Å²) >= 11 is 0. The van der Waals surface area contributed by atoms with Crippen LogP contribution < -0.4 is 9.47 Å². The lowest BCUT2D eigenvalue weighted by molar-refractivity contribution is 0.0440. The van der Waals surface area contributed by atoms with E-state index in [1.54, 1.807) is 19.2 Å². The number of hydrogen-bond donors (Lipinski definition) is 0. The number of carbonyl (C=O) groups excluding carboxylic acids is 2. The summed E-state index contributed by atoms with van der Waals surface area (Å²) in [5, 5.41) is 0.776. The van der Waals surface area contributed by atoms with Crippen molar-refractivity contribution in [2.75, 3.05) is 20.3 Å². The molecule has 0 saturated carbocycles. The van der Waals surface area contributed by atoms with Crippen LogP contribution in [0.1, 0.15) is 37.9 Å². The van der Waals surface area contributed by atoms with Gasteiger partial charge in [-0.1, -0.05) is 30.3 Å². The Balaban J connectivity index is 1.27. The molecule has 0 N–H and O–H groups in total. The van der Waals surface area contributed by atoms with Crippen LogP contribution in [-0.4, -0.2) is 42.7 Å². The van der Waals surface area contributed by atoms with Gasteiger partial charge in [0.1, 0.15) is 12.2 Å². The highest BCUT2D eigenvalue weighted by Crippen LogP contribution is 2.32. The molecular formula is C28H27NO7. The summed E-state index contributed by atoms with van der Waals surface area (Å²) in [5.74, 6) is 0.486. The second-order valence-corrected chi connectivity index (χ2v) is 8.73. The van der Waals surface area contributed by atoms with Gasteiger partial charge in [0.25, 0.3) is 0 Å². The van der Waals surface area contributed by atoms with Crippen molar-refractivity contribution in [3.8, 4) is 11.5 Å². The molecule has 0 aliphatic carbocycles. The number of aromatic nitrogens is 1.